The van der Waals surface area contributed by atoms with Gasteiger partial charge in [-0.2, -0.15) is 0 Å². The van der Waals surface area contributed by atoms with Crippen molar-refractivity contribution in [3.63, 3.8) is 0 Å². The summed E-state index contributed by atoms with van der Waals surface area (Å²) in [6, 6.07) is 6.84. The third kappa shape index (κ3) is 8.21. The Morgan fingerprint density at radius 3 is 2.11 bits per heavy atom. The van der Waals surface area contributed by atoms with Gasteiger partial charge in [-0.3, -0.25) is 9.59 Å². The molecule has 2 atom stereocenters. The lowest BCUT2D eigenvalue weighted by atomic mass is 10.0. The molecule has 1 aromatic rings. The molecule has 0 aliphatic carbocycles. The molecule has 0 saturated carbocycles. The van der Waals surface area contributed by atoms with Gasteiger partial charge in [0.1, 0.15) is 11.6 Å². The van der Waals surface area contributed by atoms with Crippen LogP contribution in [0.2, 0.25) is 0 Å². The van der Waals surface area contributed by atoms with Gasteiger partial charge >= 0.3 is 24.0 Å². The summed E-state index contributed by atoms with van der Waals surface area (Å²) in [5.41, 5.74) is -0.441. The largest absolute Gasteiger partial charge is 0.481 e. The lowest BCUT2D eigenvalue weighted by Crippen LogP contribution is -2.44. The van der Waals surface area contributed by atoms with E-state index >= 15 is 0 Å². The Morgan fingerprint density at radius 2 is 1.63 bits per heavy atom. The van der Waals surface area contributed by atoms with Crippen molar-refractivity contribution >= 4 is 24.0 Å². The fourth-order valence-electron chi connectivity index (χ4n) is 2.10. The van der Waals surface area contributed by atoms with Gasteiger partial charge < -0.3 is 25.0 Å². The highest BCUT2D eigenvalue weighted by Crippen LogP contribution is 2.21. The second-order valence-electron chi connectivity index (χ2n) is 6.68. The number of rotatable bonds is 8. The molecule has 27 heavy (non-hydrogen) atoms. The van der Waals surface area contributed by atoms with E-state index in [4.69, 9.17) is 14.6 Å². The predicted octanol–water partition coefficient (Wildman–Crippen LogP) is 2.11. The van der Waals surface area contributed by atoms with Crippen LogP contribution in [0.15, 0.2) is 30.3 Å². The van der Waals surface area contributed by atoms with Gasteiger partial charge in [-0.15, -0.1) is 0 Å². The number of hydrogen-bond donors (Lipinski definition) is 3. The third-order valence-corrected chi connectivity index (χ3v) is 3.18. The summed E-state index contributed by atoms with van der Waals surface area (Å²) in [7, 11) is 0. The molecular formula is C18H23NO8. The summed E-state index contributed by atoms with van der Waals surface area (Å²) in [5.74, 6) is -3.72. The van der Waals surface area contributed by atoms with Crippen molar-refractivity contribution in [2.24, 2.45) is 0 Å². The fraction of sp³-hybridized carbons (Fsp3) is 0.444. The molecule has 0 fully saturated rings. The second kappa shape index (κ2) is 9.56. The highest BCUT2D eigenvalue weighted by atomic mass is 16.6. The maximum Gasteiger partial charge on any atom is 0.408 e. The van der Waals surface area contributed by atoms with E-state index in [1.54, 1.807) is 51.1 Å². The smallest absolute Gasteiger partial charge is 0.408 e. The van der Waals surface area contributed by atoms with E-state index in [2.05, 4.69) is 5.32 Å². The average molecular weight is 381 g/mol. The highest BCUT2D eigenvalue weighted by Gasteiger charge is 2.35. The minimum absolute atomic E-state index is 0.377. The summed E-state index contributed by atoms with van der Waals surface area (Å²) in [4.78, 5) is 46.2. The van der Waals surface area contributed by atoms with Gasteiger partial charge in [0.05, 0.1) is 12.8 Å². The standard InChI is InChI=1S/C18H23NO8/c1-18(2,3)27-17(25)19-14(11-7-5-4-6-8-11)15(16(23)24)26-13(22)10-9-12(20)21/h4-8,14-15H,9-10H2,1-3H3,(H,19,25)(H,20,21)(H,23,24)/t14-,15+/m0/s1. The van der Waals surface area contributed by atoms with E-state index in [-0.39, 0.29) is 0 Å². The summed E-state index contributed by atoms with van der Waals surface area (Å²) in [5, 5.41) is 20.5. The number of amides is 1. The van der Waals surface area contributed by atoms with Gasteiger partial charge in [-0.05, 0) is 26.3 Å². The molecule has 148 valence electrons. The lowest BCUT2D eigenvalue weighted by molar-refractivity contribution is -0.166. The number of carbonyl (C=O) groups excluding carboxylic acids is 2. The van der Waals surface area contributed by atoms with Crippen LogP contribution in [0, 0.1) is 0 Å². The summed E-state index contributed by atoms with van der Waals surface area (Å²) >= 11 is 0. The van der Waals surface area contributed by atoms with E-state index in [1.807, 2.05) is 0 Å². The third-order valence-electron chi connectivity index (χ3n) is 3.18. The molecule has 0 aliphatic rings. The van der Waals surface area contributed by atoms with Crippen LogP contribution in [0.25, 0.3) is 0 Å². The second-order valence-corrected chi connectivity index (χ2v) is 6.68. The molecule has 1 rings (SSSR count). The number of ether oxygens (including phenoxy) is 2. The molecule has 9 heteroatoms. The van der Waals surface area contributed by atoms with E-state index < -0.39 is 54.6 Å². The molecule has 0 spiro atoms. The molecule has 0 bridgehead atoms. The van der Waals surface area contributed by atoms with Crippen LogP contribution in [0.4, 0.5) is 4.79 Å². The Morgan fingerprint density at radius 1 is 1.04 bits per heavy atom. The van der Waals surface area contributed by atoms with Crippen LogP contribution in [0.1, 0.15) is 45.2 Å². The van der Waals surface area contributed by atoms with Crippen molar-refractivity contribution in [3.05, 3.63) is 35.9 Å². The molecule has 3 N–H and O–H groups in total. The van der Waals surface area contributed by atoms with Crippen molar-refractivity contribution in [1.29, 1.82) is 0 Å². The molecule has 0 aliphatic heterocycles. The number of nitrogens with one attached hydrogen (secondary N) is 1. The van der Waals surface area contributed by atoms with Crippen LogP contribution in [0.5, 0.6) is 0 Å². The summed E-state index contributed by atoms with van der Waals surface area (Å²) < 4.78 is 10.1. The summed E-state index contributed by atoms with van der Waals surface area (Å²) in [6.45, 7) is 4.93. The molecule has 9 nitrogen and oxygen atoms in total. The molecule has 0 heterocycles. The maximum atomic E-state index is 12.1. The maximum absolute atomic E-state index is 12.1. The zero-order valence-corrected chi connectivity index (χ0v) is 15.3. The van der Waals surface area contributed by atoms with Gasteiger partial charge in [-0.1, -0.05) is 30.3 Å². The first kappa shape index (κ1) is 21.9. The number of alkyl carbamates (subject to hydrolysis) is 1. The van der Waals surface area contributed by atoms with Crippen molar-refractivity contribution in [3.8, 4) is 0 Å². The molecule has 1 amide bonds. The molecule has 0 unspecified atom stereocenters. The van der Waals surface area contributed by atoms with E-state index in [0.29, 0.717) is 5.56 Å². The zero-order chi connectivity index (χ0) is 20.6. The molecule has 0 aromatic heterocycles. The van der Waals surface area contributed by atoms with E-state index in [0.717, 1.165) is 0 Å². The van der Waals surface area contributed by atoms with Gasteiger partial charge in [0.2, 0.25) is 6.10 Å². The first-order valence-electron chi connectivity index (χ1n) is 8.18. The minimum Gasteiger partial charge on any atom is -0.481 e. The Kier molecular flexibility index (Phi) is 7.77. The average Bonchev–Trinajstić information content (AvgIpc) is 2.55. The Labute approximate surface area is 156 Å². The normalized spacial score (nSPS) is 13.1. The highest BCUT2D eigenvalue weighted by molar-refractivity contribution is 5.82. The quantitative estimate of drug-likeness (QED) is 0.582. The van der Waals surface area contributed by atoms with Gasteiger partial charge in [0.25, 0.3) is 0 Å². The first-order chi connectivity index (χ1) is 12.5. The Balaban J connectivity index is 3.05. The minimum atomic E-state index is -1.76. The van der Waals surface area contributed by atoms with Crippen molar-refractivity contribution in [2.45, 2.75) is 51.4 Å². The van der Waals surface area contributed by atoms with Crippen LogP contribution >= 0.6 is 0 Å². The summed E-state index contributed by atoms with van der Waals surface area (Å²) in [6.07, 6.45) is -3.64. The predicted molar refractivity (Wildman–Crippen MR) is 92.9 cm³/mol. The van der Waals surface area contributed by atoms with Gasteiger partial charge in [-0.25, -0.2) is 9.59 Å². The fourth-order valence-corrected chi connectivity index (χ4v) is 2.10. The Hall–Kier alpha value is -3.10. The van der Waals surface area contributed by atoms with Crippen molar-refractivity contribution in [1.82, 2.24) is 5.32 Å². The number of carboxylic acids is 2. The van der Waals surface area contributed by atoms with Crippen LogP contribution in [-0.2, 0) is 23.9 Å². The van der Waals surface area contributed by atoms with Gasteiger partial charge in [0, 0.05) is 0 Å². The van der Waals surface area contributed by atoms with Crippen molar-refractivity contribution in [2.75, 3.05) is 0 Å². The lowest BCUT2D eigenvalue weighted by Gasteiger charge is -2.27. The van der Waals surface area contributed by atoms with Crippen LogP contribution in [-0.4, -0.2) is 45.9 Å². The number of benzene rings is 1. The first-order valence-corrected chi connectivity index (χ1v) is 8.18. The topological polar surface area (TPSA) is 139 Å². The Bertz CT molecular complexity index is 680. The molecule has 0 radical (unpaired) electrons. The number of carbonyl (C=O) groups is 4. The SMILES string of the molecule is CC(C)(C)OC(=O)N[C@@H](c1ccccc1)[C@@H](OC(=O)CCC(=O)O)C(=O)O. The zero-order valence-electron chi connectivity index (χ0n) is 15.3. The van der Waals surface area contributed by atoms with Crippen LogP contribution in [0.3, 0.4) is 0 Å². The number of aliphatic carboxylic acids is 2. The molecular weight excluding hydrogens is 358 g/mol. The van der Waals surface area contributed by atoms with Gasteiger partial charge in [0.15, 0.2) is 0 Å². The number of esters is 1. The number of hydrogen-bond acceptors (Lipinski definition) is 6. The molecule has 1 aromatic carbocycles. The monoisotopic (exact) mass is 381 g/mol. The van der Waals surface area contributed by atoms with Crippen LogP contribution < -0.4 is 5.32 Å². The van der Waals surface area contributed by atoms with E-state index in [9.17, 15) is 24.3 Å². The van der Waals surface area contributed by atoms with E-state index in [1.165, 1.54) is 0 Å². The molecule has 0 saturated heterocycles. The van der Waals surface area contributed by atoms with Crippen molar-refractivity contribution < 1.29 is 38.9 Å². The number of carboxylic acid groups (broad SMARTS) is 2.